The van der Waals surface area contributed by atoms with Gasteiger partial charge in [-0.2, -0.15) is 0 Å². The fourth-order valence-corrected chi connectivity index (χ4v) is 3.45. The molecule has 1 saturated carbocycles. The van der Waals surface area contributed by atoms with E-state index in [1.54, 1.807) is 18.3 Å². The Morgan fingerprint density at radius 3 is 2.86 bits per heavy atom. The molecule has 1 fully saturated rings. The minimum atomic E-state index is -1.17. The van der Waals surface area contributed by atoms with E-state index in [2.05, 4.69) is 10.3 Å². The summed E-state index contributed by atoms with van der Waals surface area (Å²) in [5.41, 5.74) is -0.732. The predicted molar refractivity (Wildman–Crippen MR) is 81.5 cm³/mol. The van der Waals surface area contributed by atoms with Gasteiger partial charge in [-0.25, -0.2) is 9.78 Å². The summed E-state index contributed by atoms with van der Waals surface area (Å²) >= 11 is 1.37. The minimum absolute atomic E-state index is 0.0814. The molecule has 0 saturated heterocycles. The van der Waals surface area contributed by atoms with Gasteiger partial charge in [-0.1, -0.05) is 19.8 Å². The third-order valence-electron chi connectivity index (χ3n) is 4.23. The number of nitrogens with one attached hydrogen (secondary N) is 1. The van der Waals surface area contributed by atoms with Crippen LogP contribution in [0.2, 0.25) is 0 Å². The van der Waals surface area contributed by atoms with Gasteiger partial charge in [0, 0.05) is 6.20 Å². The first kappa shape index (κ1) is 15.8. The zero-order valence-electron chi connectivity index (χ0n) is 12.3. The number of aromatic nitrogens is 1. The number of hydrogen-bond donors (Lipinski definition) is 2. The van der Waals surface area contributed by atoms with Crippen molar-refractivity contribution < 1.29 is 14.7 Å². The van der Waals surface area contributed by atoms with Gasteiger partial charge in [-0.15, -0.1) is 11.8 Å². The number of nitrogens with zero attached hydrogens (tertiary/aromatic N) is 1. The number of carboxylic acids is 1. The third kappa shape index (κ3) is 3.05. The lowest BCUT2D eigenvalue weighted by Crippen LogP contribution is -2.60. The van der Waals surface area contributed by atoms with Crippen LogP contribution >= 0.6 is 11.8 Å². The molecule has 1 aliphatic rings. The van der Waals surface area contributed by atoms with Crippen LogP contribution in [-0.4, -0.2) is 33.8 Å². The SMILES string of the molecule is CSc1ncccc1C(=O)NC1(C(=O)O)CCCCC1C. The zero-order valence-corrected chi connectivity index (χ0v) is 13.1. The standard InChI is InChI=1S/C15H20N2O3S/c1-10-6-3-4-8-15(10,14(19)20)17-12(18)11-7-5-9-16-13(11)21-2/h5,7,9-10H,3-4,6,8H2,1-2H3,(H,17,18)(H,19,20). The first-order valence-corrected chi connectivity index (χ1v) is 8.28. The van der Waals surface area contributed by atoms with Crippen LogP contribution in [0.4, 0.5) is 0 Å². The Hall–Kier alpha value is -1.56. The molecular formula is C15H20N2O3S. The average molecular weight is 308 g/mol. The number of amides is 1. The summed E-state index contributed by atoms with van der Waals surface area (Å²) in [4.78, 5) is 28.4. The van der Waals surface area contributed by atoms with E-state index in [9.17, 15) is 14.7 Å². The van der Waals surface area contributed by atoms with E-state index in [0.717, 1.165) is 19.3 Å². The van der Waals surface area contributed by atoms with Gasteiger partial charge in [-0.05, 0) is 37.1 Å². The van der Waals surface area contributed by atoms with Gasteiger partial charge in [0.2, 0.25) is 0 Å². The molecule has 2 unspecified atom stereocenters. The van der Waals surface area contributed by atoms with Crippen molar-refractivity contribution in [3.8, 4) is 0 Å². The average Bonchev–Trinajstić information content (AvgIpc) is 2.49. The molecule has 1 aromatic rings. The maximum absolute atomic E-state index is 12.5. The Morgan fingerprint density at radius 1 is 1.48 bits per heavy atom. The molecule has 0 aliphatic heterocycles. The normalized spacial score (nSPS) is 25.3. The maximum atomic E-state index is 12.5. The van der Waals surface area contributed by atoms with Crippen molar-refractivity contribution in [1.29, 1.82) is 0 Å². The van der Waals surface area contributed by atoms with Crippen molar-refractivity contribution in [2.45, 2.75) is 43.2 Å². The van der Waals surface area contributed by atoms with Crippen LogP contribution in [0.3, 0.4) is 0 Å². The molecule has 114 valence electrons. The molecule has 2 rings (SSSR count). The number of carbonyl (C=O) groups excluding carboxylic acids is 1. The third-order valence-corrected chi connectivity index (χ3v) is 4.94. The lowest BCUT2D eigenvalue weighted by molar-refractivity contribution is -0.148. The van der Waals surface area contributed by atoms with E-state index in [1.165, 1.54) is 11.8 Å². The van der Waals surface area contributed by atoms with E-state index in [1.807, 2.05) is 13.2 Å². The molecule has 0 radical (unpaired) electrons. The number of aliphatic carboxylic acids is 1. The van der Waals surface area contributed by atoms with Crippen LogP contribution in [-0.2, 0) is 4.79 Å². The summed E-state index contributed by atoms with van der Waals surface area (Å²) in [6, 6.07) is 3.36. The topological polar surface area (TPSA) is 79.3 Å². The van der Waals surface area contributed by atoms with Crippen molar-refractivity contribution in [3.05, 3.63) is 23.9 Å². The summed E-state index contributed by atoms with van der Waals surface area (Å²) in [6.07, 6.45) is 6.58. The molecule has 5 nitrogen and oxygen atoms in total. The lowest BCUT2D eigenvalue weighted by Gasteiger charge is -2.39. The van der Waals surface area contributed by atoms with Crippen molar-refractivity contribution in [1.82, 2.24) is 10.3 Å². The smallest absolute Gasteiger partial charge is 0.329 e. The molecule has 1 amide bonds. The second kappa shape index (κ2) is 6.47. The molecule has 2 N–H and O–H groups in total. The van der Waals surface area contributed by atoms with Gasteiger partial charge in [0.05, 0.1) is 5.56 Å². The number of hydrogen-bond acceptors (Lipinski definition) is 4. The molecule has 1 aliphatic carbocycles. The lowest BCUT2D eigenvalue weighted by atomic mass is 9.73. The van der Waals surface area contributed by atoms with Crippen molar-refractivity contribution in [2.24, 2.45) is 5.92 Å². The van der Waals surface area contributed by atoms with Crippen molar-refractivity contribution in [2.75, 3.05) is 6.26 Å². The number of carboxylic acid groups (broad SMARTS) is 1. The number of rotatable bonds is 4. The Bertz CT molecular complexity index is 549. The fraction of sp³-hybridized carbons (Fsp3) is 0.533. The first-order chi connectivity index (χ1) is 10.0. The minimum Gasteiger partial charge on any atom is -0.479 e. The highest BCUT2D eigenvalue weighted by Crippen LogP contribution is 2.34. The van der Waals surface area contributed by atoms with Crippen molar-refractivity contribution in [3.63, 3.8) is 0 Å². The van der Waals surface area contributed by atoms with Crippen LogP contribution in [0.25, 0.3) is 0 Å². The quantitative estimate of drug-likeness (QED) is 0.836. The van der Waals surface area contributed by atoms with Gasteiger partial charge in [0.15, 0.2) is 0 Å². The molecule has 0 spiro atoms. The highest BCUT2D eigenvalue weighted by Gasteiger charge is 2.46. The van der Waals surface area contributed by atoms with Gasteiger partial charge in [0.25, 0.3) is 5.91 Å². The largest absolute Gasteiger partial charge is 0.479 e. The van der Waals surface area contributed by atoms with E-state index in [0.29, 0.717) is 17.0 Å². The van der Waals surface area contributed by atoms with E-state index >= 15 is 0 Å². The predicted octanol–water partition coefficient (Wildman–Crippen LogP) is 2.57. The Kier molecular flexibility index (Phi) is 4.88. The van der Waals surface area contributed by atoms with Crippen LogP contribution < -0.4 is 5.32 Å². The number of pyridine rings is 1. The van der Waals surface area contributed by atoms with Gasteiger partial charge >= 0.3 is 5.97 Å². The zero-order chi connectivity index (χ0) is 15.5. The second-order valence-electron chi connectivity index (χ2n) is 5.44. The van der Waals surface area contributed by atoms with Gasteiger partial charge < -0.3 is 10.4 Å². The summed E-state index contributed by atoms with van der Waals surface area (Å²) in [6.45, 7) is 1.90. The van der Waals surface area contributed by atoms with Gasteiger partial charge in [-0.3, -0.25) is 4.79 Å². The highest BCUT2D eigenvalue weighted by molar-refractivity contribution is 7.98. The summed E-state index contributed by atoms with van der Waals surface area (Å²) in [5.74, 6) is -1.39. The maximum Gasteiger partial charge on any atom is 0.329 e. The molecule has 0 aromatic carbocycles. The molecular weight excluding hydrogens is 288 g/mol. The summed E-state index contributed by atoms with van der Waals surface area (Å²) < 4.78 is 0. The number of carbonyl (C=O) groups is 2. The van der Waals surface area contributed by atoms with Crippen LogP contribution in [0.15, 0.2) is 23.4 Å². The Labute approximate surface area is 128 Å². The molecule has 1 aromatic heterocycles. The van der Waals surface area contributed by atoms with Crippen LogP contribution in [0.1, 0.15) is 43.0 Å². The van der Waals surface area contributed by atoms with E-state index in [-0.39, 0.29) is 11.8 Å². The Morgan fingerprint density at radius 2 is 2.24 bits per heavy atom. The monoisotopic (exact) mass is 308 g/mol. The summed E-state index contributed by atoms with van der Waals surface area (Å²) in [7, 11) is 0. The van der Waals surface area contributed by atoms with Crippen LogP contribution in [0, 0.1) is 5.92 Å². The Balaban J connectivity index is 2.29. The molecule has 21 heavy (non-hydrogen) atoms. The molecule has 6 heteroatoms. The van der Waals surface area contributed by atoms with Crippen LogP contribution in [0.5, 0.6) is 0 Å². The van der Waals surface area contributed by atoms with Crippen molar-refractivity contribution >= 4 is 23.6 Å². The molecule has 1 heterocycles. The fourth-order valence-electron chi connectivity index (χ4n) is 2.90. The van der Waals surface area contributed by atoms with Gasteiger partial charge in [0.1, 0.15) is 10.6 Å². The molecule has 2 atom stereocenters. The molecule has 0 bridgehead atoms. The second-order valence-corrected chi connectivity index (χ2v) is 6.23. The summed E-state index contributed by atoms with van der Waals surface area (Å²) in [5, 5.41) is 13.0. The highest BCUT2D eigenvalue weighted by atomic mass is 32.2. The number of thioether (sulfide) groups is 1. The first-order valence-electron chi connectivity index (χ1n) is 7.06. The van der Waals surface area contributed by atoms with E-state index < -0.39 is 11.5 Å². The van der Waals surface area contributed by atoms with E-state index in [4.69, 9.17) is 0 Å².